The zero-order valence-electron chi connectivity index (χ0n) is 10.8. The van der Waals surface area contributed by atoms with Crippen LogP contribution in [0.2, 0.25) is 0 Å². The molecule has 1 aromatic rings. The minimum absolute atomic E-state index is 0.0935. The van der Waals surface area contributed by atoms with E-state index in [1.54, 1.807) is 0 Å². The molecule has 0 radical (unpaired) electrons. The monoisotopic (exact) mass is 246 g/mol. The Morgan fingerprint density at radius 3 is 2.78 bits per heavy atom. The Labute approximate surface area is 109 Å². The third kappa shape index (κ3) is 2.74. The van der Waals surface area contributed by atoms with Gasteiger partial charge < -0.3 is 10.0 Å². The van der Waals surface area contributed by atoms with E-state index in [2.05, 4.69) is 40.1 Å². The fraction of sp³-hybridized carbons (Fsp3) is 0.600. The molecule has 3 rings (SSSR count). The number of aliphatic hydroxyl groups is 1. The van der Waals surface area contributed by atoms with Crippen molar-refractivity contribution < 1.29 is 5.11 Å². The average molecular weight is 246 g/mol. The summed E-state index contributed by atoms with van der Waals surface area (Å²) in [4.78, 5) is 5.00. The van der Waals surface area contributed by atoms with Crippen LogP contribution in [0.25, 0.3) is 0 Å². The maximum absolute atomic E-state index is 9.69. The highest BCUT2D eigenvalue weighted by atomic mass is 16.3. The van der Waals surface area contributed by atoms with E-state index in [1.807, 2.05) is 0 Å². The lowest BCUT2D eigenvalue weighted by molar-refractivity contribution is 0.103. The molecule has 0 unspecified atom stereocenters. The molecule has 1 aromatic carbocycles. The first-order valence-electron chi connectivity index (χ1n) is 6.99. The van der Waals surface area contributed by atoms with Crippen molar-refractivity contribution in [2.75, 3.05) is 32.7 Å². The zero-order chi connectivity index (χ0) is 12.4. The molecule has 0 aliphatic carbocycles. The van der Waals surface area contributed by atoms with E-state index in [-0.39, 0.29) is 6.10 Å². The summed E-state index contributed by atoms with van der Waals surface area (Å²) < 4.78 is 0. The van der Waals surface area contributed by atoms with Gasteiger partial charge in [0.05, 0.1) is 6.10 Å². The lowest BCUT2D eigenvalue weighted by atomic mass is 10.1. The van der Waals surface area contributed by atoms with Crippen LogP contribution in [0.3, 0.4) is 0 Å². The number of piperazine rings is 1. The van der Waals surface area contributed by atoms with Gasteiger partial charge in [-0.15, -0.1) is 0 Å². The molecular formula is C15H22N2O. The van der Waals surface area contributed by atoms with E-state index in [0.717, 1.165) is 45.6 Å². The van der Waals surface area contributed by atoms with Crippen molar-refractivity contribution >= 4 is 0 Å². The lowest BCUT2D eigenvalue weighted by Crippen LogP contribution is -2.50. The average Bonchev–Trinajstić information content (AvgIpc) is 2.77. The first-order chi connectivity index (χ1) is 8.81. The number of aliphatic hydroxyl groups excluding tert-OH is 1. The third-order valence-electron chi connectivity index (χ3n) is 4.24. The molecule has 2 aliphatic heterocycles. The molecule has 18 heavy (non-hydrogen) atoms. The molecule has 0 spiro atoms. The van der Waals surface area contributed by atoms with E-state index < -0.39 is 0 Å². The van der Waals surface area contributed by atoms with Crippen LogP contribution in [-0.4, -0.2) is 59.8 Å². The molecule has 1 N–H and O–H groups in total. The van der Waals surface area contributed by atoms with Crippen LogP contribution in [0.5, 0.6) is 0 Å². The largest absolute Gasteiger partial charge is 0.392 e. The highest BCUT2D eigenvalue weighted by molar-refractivity contribution is 5.14. The summed E-state index contributed by atoms with van der Waals surface area (Å²) >= 11 is 0. The van der Waals surface area contributed by atoms with Crippen LogP contribution in [0.1, 0.15) is 12.0 Å². The van der Waals surface area contributed by atoms with Gasteiger partial charge >= 0.3 is 0 Å². The second-order valence-corrected chi connectivity index (χ2v) is 5.57. The molecule has 0 amide bonds. The number of hydrogen-bond acceptors (Lipinski definition) is 3. The summed E-state index contributed by atoms with van der Waals surface area (Å²) in [6.45, 7) is 5.43. The lowest BCUT2D eigenvalue weighted by Gasteiger charge is -2.37. The van der Waals surface area contributed by atoms with Crippen LogP contribution in [0.4, 0.5) is 0 Å². The summed E-state index contributed by atoms with van der Waals surface area (Å²) in [6, 6.07) is 11.3. The van der Waals surface area contributed by atoms with Crippen LogP contribution < -0.4 is 0 Å². The van der Waals surface area contributed by atoms with Gasteiger partial charge in [0, 0.05) is 38.8 Å². The molecular weight excluding hydrogens is 224 g/mol. The standard InChI is InChI=1S/C15H22N2O/c18-15-10-14-11-16(8-9-17(14)12-15)7-6-13-4-2-1-3-5-13/h1-5,14-15,18H,6-12H2/t14-,15+/m0/s1. The van der Waals surface area contributed by atoms with E-state index in [0.29, 0.717) is 6.04 Å². The molecule has 2 atom stereocenters. The van der Waals surface area contributed by atoms with Crippen LogP contribution in [0, 0.1) is 0 Å². The van der Waals surface area contributed by atoms with E-state index >= 15 is 0 Å². The molecule has 2 heterocycles. The maximum Gasteiger partial charge on any atom is 0.0682 e. The van der Waals surface area contributed by atoms with Gasteiger partial charge in [-0.3, -0.25) is 4.90 Å². The van der Waals surface area contributed by atoms with Crippen LogP contribution in [0.15, 0.2) is 30.3 Å². The quantitative estimate of drug-likeness (QED) is 0.861. The fourth-order valence-corrected chi connectivity index (χ4v) is 3.22. The number of fused-ring (bicyclic) bond motifs is 1. The second-order valence-electron chi connectivity index (χ2n) is 5.57. The van der Waals surface area contributed by atoms with Crippen molar-refractivity contribution in [1.29, 1.82) is 0 Å². The fourth-order valence-electron chi connectivity index (χ4n) is 3.22. The summed E-state index contributed by atoms with van der Waals surface area (Å²) in [5.74, 6) is 0. The summed E-state index contributed by atoms with van der Waals surface area (Å²) in [7, 11) is 0. The highest BCUT2D eigenvalue weighted by Crippen LogP contribution is 2.22. The first-order valence-corrected chi connectivity index (χ1v) is 6.99. The van der Waals surface area contributed by atoms with Crippen LogP contribution in [-0.2, 0) is 6.42 Å². The van der Waals surface area contributed by atoms with E-state index in [9.17, 15) is 5.11 Å². The Hall–Kier alpha value is -0.900. The predicted molar refractivity (Wildman–Crippen MR) is 72.6 cm³/mol. The zero-order valence-corrected chi connectivity index (χ0v) is 10.8. The SMILES string of the molecule is O[C@@H]1C[C@H]2CN(CCc3ccccc3)CCN2C1. The molecule has 0 aromatic heterocycles. The van der Waals surface area contributed by atoms with Gasteiger partial charge in [0.1, 0.15) is 0 Å². The third-order valence-corrected chi connectivity index (χ3v) is 4.24. The van der Waals surface area contributed by atoms with Crippen molar-refractivity contribution in [2.45, 2.75) is 25.0 Å². The van der Waals surface area contributed by atoms with Gasteiger partial charge in [-0.05, 0) is 18.4 Å². The molecule has 2 saturated heterocycles. The number of benzene rings is 1. The van der Waals surface area contributed by atoms with Crippen molar-refractivity contribution in [3.05, 3.63) is 35.9 Å². The number of hydrogen-bond donors (Lipinski definition) is 1. The summed E-state index contributed by atoms with van der Waals surface area (Å²) in [6.07, 6.45) is 2.00. The number of nitrogens with zero attached hydrogens (tertiary/aromatic N) is 2. The molecule has 3 heteroatoms. The number of rotatable bonds is 3. The summed E-state index contributed by atoms with van der Waals surface area (Å²) in [5.41, 5.74) is 1.42. The minimum Gasteiger partial charge on any atom is -0.392 e. The Bertz CT molecular complexity index is 381. The normalized spacial score (nSPS) is 29.4. The molecule has 0 saturated carbocycles. The van der Waals surface area contributed by atoms with E-state index in [1.165, 1.54) is 5.56 Å². The highest BCUT2D eigenvalue weighted by Gasteiger charge is 2.34. The van der Waals surface area contributed by atoms with E-state index in [4.69, 9.17) is 0 Å². The minimum atomic E-state index is -0.0935. The van der Waals surface area contributed by atoms with Crippen LogP contribution >= 0.6 is 0 Å². The Morgan fingerprint density at radius 1 is 1.11 bits per heavy atom. The smallest absolute Gasteiger partial charge is 0.0682 e. The topological polar surface area (TPSA) is 26.7 Å². The van der Waals surface area contributed by atoms with Gasteiger partial charge in [0.25, 0.3) is 0 Å². The van der Waals surface area contributed by atoms with Gasteiger partial charge in [0.2, 0.25) is 0 Å². The van der Waals surface area contributed by atoms with Crippen molar-refractivity contribution in [2.24, 2.45) is 0 Å². The molecule has 98 valence electrons. The Morgan fingerprint density at radius 2 is 1.94 bits per heavy atom. The maximum atomic E-state index is 9.69. The Balaban J connectivity index is 1.50. The van der Waals surface area contributed by atoms with Crippen molar-refractivity contribution in [1.82, 2.24) is 9.80 Å². The van der Waals surface area contributed by atoms with Gasteiger partial charge in [-0.1, -0.05) is 30.3 Å². The van der Waals surface area contributed by atoms with Crippen molar-refractivity contribution in [3.63, 3.8) is 0 Å². The van der Waals surface area contributed by atoms with Crippen molar-refractivity contribution in [3.8, 4) is 0 Å². The van der Waals surface area contributed by atoms with Gasteiger partial charge in [-0.2, -0.15) is 0 Å². The molecule has 2 fully saturated rings. The molecule has 3 nitrogen and oxygen atoms in total. The predicted octanol–water partition coefficient (Wildman–Crippen LogP) is 0.980. The Kier molecular flexibility index (Phi) is 3.64. The molecule has 0 bridgehead atoms. The van der Waals surface area contributed by atoms with Gasteiger partial charge in [0.15, 0.2) is 0 Å². The van der Waals surface area contributed by atoms with Gasteiger partial charge in [-0.25, -0.2) is 0 Å². The second kappa shape index (κ2) is 5.39. The summed E-state index contributed by atoms with van der Waals surface area (Å²) in [5, 5.41) is 9.69. The first kappa shape index (κ1) is 12.2. The molecule has 2 aliphatic rings.